The lowest BCUT2D eigenvalue weighted by Gasteiger charge is -2.26. The first-order chi connectivity index (χ1) is 8.68. The van der Waals surface area contributed by atoms with E-state index in [1.807, 2.05) is 6.07 Å². The predicted octanol–water partition coefficient (Wildman–Crippen LogP) is 3.62. The second-order valence-corrected chi connectivity index (χ2v) is 6.09. The van der Waals surface area contributed by atoms with Gasteiger partial charge in [0.2, 0.25) is 0 Å². The molecule has 0 unspecified atom stereocenters. The zero-order valence-electron chi connectivity index (χ0n) is 10.1. The Balaban J connectivity index is 1.88. The fourth-order valence-electron chi connectivity index (χ4n) is 2.10. The molecule has 0 N–H and O–H groups in total. The topological polar surface area (TPSA) is 12.5 Å². The largest absolute Gasteiger partial charge is 0.379 e. The van der Waals surface area contributed by atoms with E-state index in [4.69, 9.17) is 4.74 Å². The summed E-state index contributed by atoms with van der Waals surface area (Å²) in [5.74, 6) is -0.147. The van der Waals surface area contributed by atoms with Gasteiger partial charge in [-0.05, 0) is 47.4 Å². The summed E-state index contributed by atoms with van der Waals surface area (Å²) >= 11 is 6.64. The Kier molecular flexibility index (Phi) is 5.60. The fraction of sp³-hybridized carbons (Fsp3) is 0.538. The first-order valence-corrected chi connectivity index (χ1v) is 7.69. The minimum atomic E-state index is -0.147. The van der Waals surface area contributed by atoms with Crippen LogP contribution in [0.5, 0.6) is 0 Å². The molecule has 5 heteroatoms. The Morgan fingerprint density at radius 1 is 1.17 bits per heavy atom. The van der Waals surface area contributed by atoms with Crippen molar-refractivity contribution in [2.75, 3.05) is 32.8 Å². The molecule has 0 bridgehead atoms. The summed E-state index contributed by atoms with van der Waals surface area (Å²) in [6.45, 7) is 4.61. The van der Waals surface area contributed by atoms with Gasteiger partial charge in [-0.3, -0.25) is 4.90 Å². The summed E-state index contributed by atoms with van der Waals surface area (Å²) in [6, 6.07) is 3.61. The summed E-state index contributed by atoms with van der Waals surface area (Å²) in [5, 5.41) is 0. The number of halogens is 3. The first-order valence-electron chi connectivity index (χ1n) is 6.11. The van der Waals surface area contributed by atoms with Gasteiger partial charge in [-0.15, -0.1) is 0 Å². The number of nitrogens with zero attached hydrogens (tertiary/aromatic N) is 1. The van der Waals surface area contributed by atoms with E-state index < -0.39 is 0 Å². The van der Waals surface area contributed by atoms with Crippen molar-refractivity contribution in [3.63, 3.8) is 0 Å². The fourth-order valence-corrected chi connectivity index (χ4v) is 2.98. The molecule has 0 radical (unpaired) electrons. The molecule has 1 aliphatic rings. The first kappa shape index (κ1) is 14.4. The zero-order valence-corrected chi connectivity index (χ0v) is 13.3. The van der Waals surface area contributed by atoms with Crippen LogP contribution >= 0.6 is 31.9 Å². The Hall–Kier alpha value is 0.0300. The average molecular weight is 381 g/mol. The van der Waals surface area contributed by atoms with Gasteiger partial charge in [-0.1, -0.05) is 15.9 Å². The summed E-state index contributed by atoms with van der Waals surface area (Å²) in [5.41, 5.74) is 0.762. The van der Waals surface area contributed by atoms with Gasteiger partial charge in [-0.2, -0.15) is 0 Å². The molecule has 1 aliphatic heterocycles. The molecule has 1 aromatic carbocycles. The Morgan fingerprint density at radius 2 is 1.83 bits per heavy atom. The number of hydrogen-bond acceptors (Lipinski definition) is 2. The smallest absolute Gasteiger partial charge is 0.141 e. The lowest BCUT2D eigenvalue weighted by atomic mass is 10.1. The quantitative estimate of drug-likeness (QED) is 0.739. The van der Waals surface area contributed by atoms with Gasteiger partial charge in [0.1, 0.15) is 5.82 Å². The summed E-state index contributed by atoms with van der Waals surface area (Å²) < 4.78 is 20.6. The van der Waals surface area contributed by atoms with Gasteiger partial charge in [0.15, 0.2) is 0 Å². The van der Waals surface area contributed by atoms with Crippen molar-refractivity contribution in [3.05, 3.63) is 32.5 Å². The normalized spacial score (nSPS) is 17.1. The third-order valence-electron chi connectivity index (χ3n) is 3.14. The van der Waals surface area contributed by atoms with Gasteiger partial charge < -0.3 is 4.74 Å². The molecule has 1 saturated heterocycles. The third-order valence-corrected chi connectivity index (χ3v) is 4.50. The highest BCUT2D eigenvalue weighted by Gasteiger charge is 2.13. The van der Waals surface area contributed by atoms with E-state index in [1.165, 1.54) is 0 Å². The van der Waals surface area contributed by atoms with Gasteiger partial charge >= 0.3 is 0 Å². The Bertz CT molecular complexity index is 408. The lowest BCUT2D eigenvalue weighted by molar-refractivity contribution is 0.0374. The van der Waals surface area contributed by atoms with Crippen molar-refractivity contribution in [1.29, 1.82) is 0 Å². The van der Waals surface area contributed by atoms with E-state index in [1.54, 1.807) is 6.07 Å². The summed E-state index contributed by atoms with van der Waals surface area (Å²) in [6.07, 6.45) is 1.72. The molecule has 1 aromatic rings. The predicted molar refractivity (Wildman–Crippen MR) is 77.4 cm³/mol. The second-order valence-electron chi connectivity index (χ2n) is 4.38. The minimum absolute atomic E-state index is 0.147. The number of rotatable bonds is 4. The molecule has 18 heavy (non-hydrogen) atoms. The van der Waals surface area contributed by atoms with Crippen molar-refractivity contribution in [1.82, 2.24) is 4.90 Å². The maximum absolute atomic E-state index is 13.9. The number of hydrogen-bond donors (Lipinski definition) is 0. The van der Waals surface area contributed by atoms with Crippen molar-refractivity contribution in [2.24, 2.45) is 0 Å². The van der Waals surface area contributed by atoms with Gasteiger partial charge in [0.05, 0.1) is 17.7 Å². The van der Waals surface area contributed by atoms with Crippen LogP contribution in [0, 0.1) is 5.82 Å². The number of morpholine rings is 1. The molecule has 0 saturated carbocycles. The molecule has 100 valence electrons. The Labute approximate surface area is 124 Å². The highest BCUT2D eigenvalue weighted by Crippen LogP contribution is 2.27. The molecular weight excluding hydrogens is 365 g/mol. The zero-order chi connectivity index (χ0) is 13.0. The van der Waals surface area contributed by atoms with E-state index in [0.717, 1.165) is 55.7 Å². The van der Waals surface area contributed by atoms with E-state index in [2.05, 4.69) is 36.8 Å². The van der Waals surface area contributed by atoms with Crippen LogP contribution < -0.4 is 0 Å². The number of ether oxygens (including phenoxy) is 1. The molecule has 0 amide bonds. The van der Waals surface area contributed by atoms with Crippen LogP contribution in [-0.2, 0) is 11.2 Å². The van der Waals surface area contributed by atoms with Crippen molar-refractivity contribution in [2.45, 2.75) is 12.8 Å². The molecule has 2 nitrogen and oxygen atoms in total. The highest BCUT2D eigenvalue weighted by molar-refractivity contribution is 9.11. The molecule has 0 atom stereocenters. The molecule has 0 aliphatic carbocycles. The minimum Gasteiger partial charge on any atom is -0.379 e. The lowest BCUT2D eigenvalue weighted by Crippen LogP contribution is -2.37. The van der Waals surface area contributed by atoms with E-state index in [9.17, 15) is 4.39 Å². The van der Waals surface area contributed by atoms with E-state index in [-0.39, 0.29) is 5.82 Å². The molecule has 0 spiro atoms. The van der Waals surface area contributed by atoms with Gasteiger partial charge in [0.25, 0.3) is 0 Å². The Morgan fingerprint density at radius 3 is 2.56 bits per heavy atom. The molecule has 1 heterocycles. The van der Waals surface area contributed by atoms with E-state index >= 15 is 0 Å². The van der Waals surface area contributed by atoms with Crippen LogP contribution in [0.3, 0.4) is 0 Å². The van der Waals surface area contributed by atoms with Crippen LogP contribution in [-0.4, -0.2) is 37.7 Å². The van der Waals surface area contributed by atoms with Gasteiger partial charge in [0, 0.05) is 23.1 Å². The molecule has 0 aromatic heterocycles. The van der Waals surface area contributed by atoms with Crippen LogP contribution in [0.4, 0.5) is 4.39 Å². The van der Waals surface area contributed by atoms with Crippen LogP contribution in [0.25, 0.3) is 0 Å². The van der Waals surface area contributed by atoms with Crippen molar-refractivity contribution >= 4 is 31.9 Å². The monoisotopic (exact) mass is 379 g/mol. The summed E-state index contributed by atoms with van der Waals surface area (Å²) in [4.78, 5) is 2.37. The average Bonchev–Trinajstić information content (AvgIpc) is 2.39. The molecule has 2 rings (SSSR count). The van der Waals surface area contributed by atoms with Gasteiger partial charge in [-0.25, -0.2) is 4.39 Å². The maximum atomic E-state index is 13.9. The van der Waals surface area contributed by atoms with Crippen molar-refractivity contribution in [3.8, 4) is 0 Å². The van der Waals surface area contributed by atoms with Crippen molar-refractivity contribution < 1.29 is 9.13 Å². The number of benzene rings is 1. The molecule has 1 fully saturated rings. The van der Waals surface area contributed by atoms with Crippen LogP contribution in [0.1, 0.15) is 12.0 Å². The van der Waals surface area contributed by atoms with Crippen LogP contribution in [0.15, 0.2) is 21.1 Å². The summed E-state index contributed by atoms with van der Waals surface area (Å²) in [7, 11) is 0. The van der Waals surface area contributed by atoms with E-state index in [0.29, 0.717) is 4.47 Å². The highest BCUT2D eigenvalue weighted by atomic mass is 79.9. The standard InChI is InChI=1S/C13H16Br2FNO/c14-11-3-4-12(15)13(16)10(11)2-1-5-17-6-8-18-9-7-17/h3-4H,1-2,5-9H2. The SMILES string of the molecule is Fc1c(Br)ccc(Br)c1CCCN1CCOCC1. The third kappa shape index (κ3) is 3.76. The second kappa shape index (κ2) is 6.98. The van der Waals surface area contributed by atoms with Crippen LogP contribution in [0.2, 0.25) is 0 Å². The molecular formula is C13H16Br2FNO. The maximum Gasteiger partial charge on any atom is 0.141 e.